The standard InChI is InChI=1S/C17H19N3O2S/c1-11(14-8-7-13-5-3-4-6-15(13)9-14)18-19-17-20(12(2)21)16(22)10-23-17/h7-9H,3-6,10H2,1-2H3. The Hall–Kier alpha value is -1.95. The predicted octanol–water partition coefficient (Wildman–Crippen LogP) is 2.77. The molecule has 1 aromatic carbocycles. The Morgan fingerprint density at radius 2 is 1.91 bits per heavy atom. The molecule has 1 heterocycles. The molecule has 0 unspecified atom stereocenters. The maximum Gasteiger partial charge on any atom is 0.245 e. The fourth-order valence-corrected chi connectivity index (χ4v) is 3.72. The number of hydrogen-bond donors (Lipinski definition) is 0. The number of aryl methyl sites for hydroxylation is 2. The van der Waals surface area contributed by atoms with E-state index >= 15 is 0 Å². The molecule has 0 saturated carbocycles. The largest absolute Gasteiger partial charge is 0.274 e. The van der Waals surface area contributed by atoms with E-state index < -0.39 is 0 Å². The van der Waals surface area contributed by atoms with Gasteiger partial charge in [-0.25, -0.2) is 4.90 Å². The van der Waals surface area contributed by atoms with Gasteiger partial charge in [0.2, 0.25) is 11.8 Å². The Labute approximate surface area is 139 Å². The highest BCUT2D eigenvalue weighted by Gasteiger charge is 2.31. The first-order chi connectivity index (χ1) is 11.1. The topological polar surface area (TPSA) is 62.1 Å². The number of fused-ring (bicyclic) bond motifs is 1. The quantitative estimate of drug-likeness (QED) is 0.619. The van der Waals surface area contributed by atoms with Gasteiger partial charge in [-0.1, -0.05) is 23.9 Å². The van der Waals surface area contributed by atoms with Gasteiger partial charge in [0.15, 0.2) is 5.17 Å². The third-order valence-corrected chi connectivity index (χ3v) is 5.05. The lowest BCUT2D eigenvalue weighted by Crippen LogP contribution is -2.33. The van der Waals surface area contributed by atoms with Crippen LogP contribution in [0.4, 0.5) is 0 Å². The van der Waals surface area contributed by atoms with Crippen molar-refractivity contribution in [1.82, 2.24) is 4.90 Å². The average Bonchev–Trinajstić information content (AvgIpc) is 2.93. The Kier molecular flexibility index (Phi) is 4.61. The molecule has 0 atom stereocenters. The van der Waals surface area contributed by atoms with Gasteiger partial charge in [-0.2, -0.15) is 5.10 Å². The summed E-state index contributed by atoms with van der Waals surface area (Å²) in [6, 6.07) is 6.42. The van der Waals surface area contributed by atoms with Crippen molar-refractivity contribution in [3.05, 3.63) is 34.9 Å². The van der Waals surface area contributed by atoms with E-state index in [0.29, 0.717) is 5.17 Å². The molecule has 0 N–H and O–H groups in total. The summed E-state index contributed by atoms with van der Waals surface area (Å²) in [5, 5.41) is 8.71. The van der Waals surface area contributed by atoms with Gasteiger partial charge in [0.1, 0.15) is 0 Å². The fraction of sp³-hybridized carbons (Fsp3) is 0.412. The van der Waals surface area contributed by atoms with Crippen LogP contribution in [-0.4, -0.2) is 33.3 Å². The van der Waals surface area contributed by atoms with Crippen molar-refractivity contribution in [1.29, 1.82) is 0 Å². The van der Waals surface area contributed by atoms with Crippen LogP contribution >= 0.6 is 11.8 Å². The molecule has 0 bridgehead atoms. The summed E-state index contributed by atoms with van der Waals surface area (Å²) in [4.78, 5) is 24.3. The zero-order chi connectivity index (χ0) is 16.4. The van der Waals surface area contributed by atoms with Crippen molar-refractivity contribution in [3.63, 3.8) is 0 Å². The van der Waals surface area contributed by atoms with Gasteiger partial charge in [0, 0.05) is 6.92 Å². The lowest BCUT2D eigenvalue weighted by Gasteiger charge is -2.16. The molecule has 3 rings (SSSR count). The molecule has 1 aliphatic carbocycles. The molecule has 1 aromatic rings. The molecule has 1 fully saturated rings. The maximum atomic E-state index is 11.7. The second-order valence-electron chi connectivity index (χ2n) is 5.80. The van der Waals surface area contributed by atoms with Crippen LogP contribution in [0, 0.1) is 0 Å². The maximum absolute atomic E-state index is 11.7. The molecule has 1 aliphatic heterocycles. The number of imide groups is 1. The smallest absolute Gasteiger partial charge is 0.245 e. The first-order valence-corrected chi connectivity index (χ1v) is 8.75. The molecule has 6 heteroatoms. The van der Waals surface area contributed by atoms with Gasteiger partial charge < -0.3 is 0 Å². The van der Waals surface area contributed by atoms with Crippen LogP contribution in [-0.2, 0) is 22.4 Å². The van der Waals surface area contributed by atoms with Crippen molar-refractivity contribution in [2.45, 2.75) is 39.5 Å². The third kappa shape index (κ3) is 3.37. The van der Waals surface area contributed by atoms with Crippen molar-refractivity contribution in [2.75, 3.05) is 5.75 Å². The lowest BCUT2D eigenvalue weighted by atomic mass is 9.90. The molecule has 2 aliphatic rings. The lowest BCUT2D eigenvalue weighted by molar-refractivity contribution is -0.136. The minimum atomic E-state index is -0.319. The highest BCUT2D eigenvalue weighted by molar-refractivity contribution is 8.15. The minimum absolute atomic E-state index is 0.233. The Morgan fingerprint density at radius 1 is 1.17 bits per heavy atom. The van der Waals surface area contributed by atoms with Crippen LogP contribution in [0.5, 0.6) is 0 Å². The van der Waals surface area contributed by atoms with Crippen molar-refractivity contribution in [3.8, 4) is 0 Å². The Morgan fingerprint density at radius 3 is 2.65 bits per heavy atom. The minimum Gasteiger partial charge on any atom is -0.274 e. The first kappa shape index (κ1) is 15.9. The summed E-state index contributed by atoms with van der Waals surface area (Å²) < 4.78 is 0. The van der Waals surface area contributed by atoms with E-state index in [1.807, 2.05) is 6.92 Å². The van der Waals surface area contributed by atoms with Crippen LogP contribution < -0.4 is 0 Å². The molecule has 1 saturated heterocycles. The molecule has 23 heavy (non-hydrogen) atoms. The summed E-state index contributed by atoms with van der Waals surface area (Å²) in [6.45, 7) is 3.26. The molecule has 0 radical (unpaired) electrons. The number of amides is 2. The van der Waals surface area contributed by atoms with Gasteiger partial charge in [-0.15, -0.1) is 5.10 Å². The van der Waals surface area contributed by atoms with Gasteiger partial charge in [-0.05, 0) is 55.4 Å². The molecular formula is C17H19N3O2S. The fourth-order valence-electron chi connectivity index (χ4n) is 2.88. The number of hydrogen-bond acceptors (Lipinski definition) is 5. The molecule has 120 valence electrons. The second kappa shape index (κ2) is 6.66. The summed E-state index contributed by atoms with van der Waals surface area (Å²) in [6.07, 6.45) is 4.77. The normalized spacial score (nSPS) is 20.1. The van der Waals surface area contributed by atoms with Crippen molar-refractivity contribution < 1.29 is 9.59 Å². The number of rotatable bonds is 2. The molecule has 0 spiro atoms. The predicted molar refractivity (Wildman–Crippen MR) is 92.7 cm³/mol. The SMILES string of the molecule is CC(=O)N1C(=O)CSC1=NN=C(C)c1ccc2c(c1)CCCC2. The van der Waals surface area contributed by atoms with Crippen molar-refractivity contribution in [2.24, 2.45) is 10.2 Å². The molecule has 0 aromatic heterocycles. The van der Waals surface area contributed by atoms with E-state index in [2.05, 4.69) is 28.4 Å². The Bertz CT molecular complexity index is 725. The summed E-state index contributed by atoms with van der Waals surface area (Å²) in [7, 11) is 0. The van der Waals surface area contributed by atoms with E-state index in [-0.39, 0.29) is 17.6 Å². The van der Waals surface area contributed by atoms with Gasteiger partial charge in [0.25, 0.3) is 0 Å². The number of amidine groups is 1. The van der Waals surface area contributed by atoms with E-state index in [0.717, 1.165) is 29.0 Å². The molecular weight excluding hydrogens is 310 g/mol. The summed E-state index contributed by atoms with van der Waals surface area (Å²) in [5.74, 6) is -0.311. The van der Waals surface area contributed by atoms with Crippen LogP contribution in [0.2, 0.25) is 0 Å². The highest BCUT2D eigenvalue weighted by atomic mass is 32.2. The van der Waals surface area contributed by atoms with E-state index in [1.54, 1.807) is 0 Å². The molecule has 2 amide bonds. The molecule has 5 nitrogen and oxygen atoms in total. The van der Waals surface area contributed by atoms with Crippen molar-refractivity contribution >= 4 is 34.5 Å². The Balaban J connectivity index is 1.84. The zero-order valence-corrected chi connectivity index (χ0v) is 14.2. The number of carbonyl (C=O) groups excluding carboxylic acids is 2. The van der Waals surface area contributed by atoms with Gasteiger partial charge in [0.05, 0.1) is 11.5 Å². The highest BCUT2D eigenvalue weighted by Crippen LogP contribution is 2.23. The van der Waals surface area contributed by atoms with Crippen LogP contribution in [0.3, 0.4) is 0 Å². The average molecular weight is 329 g/mol. The summed E-state index contributed by atoms with van der Waals surface area (Å²) in [5.41, 5.74) is 4.65. The number of nitrogens with zero attached hydrogens (tertiary/aromatic N) is 3. The number of carbonyl (C=O) groups is 2. The summed E-state index contributed by atoms with van der Waals surface area (Å²) >= 11 is 1.25. The van der Waals surface area contributed by atoms with Crippen LogP contribution in [0.25, 0.3) is 0 Å². The van der Waals surface area contributed by atoms with Gasteiger partial charge >= 0.3 is 0 Å². The monoisotopic (exact) mass is 329 g/mol. The van der Waals surface area contributed by atoms with E-state index in [4.69, 9.17) is 0 Å². The van der Waals surface area contributed by atoms with Gasteiger partial charge in [-0.3, -0.25) is 9.59 Å². The number of benzene rings is 1. The van der Waals surface area contributed by atoms with E-state index in [1.165, 1.54) is 42.7 Å². The van der Waals surface area contributed by atoms with E-state index in [9.17, 15) is 9.59 Å². The van der Waals surface area contributed by atoms with Crippen LogP contribution in [0.15, 0.2) is 28.4 Å². The van der Waals surface area contributed by atoms with Crippen LogP contribution in [0.1, 0.15) is 43.4 Å². The first-order valence-electron chi connectivity index (χ1n) is 7.77. The number of thioether (sulfide) groups is 1. The second-order valence-corrected chi connectivity index (χ2v) is 6.74. The zero-order valence-electron chi connectivity index (χ0n) is 13.3. The third-order valence-electron chi connectivity index (χ3n) is 4.13.